The molecule has 1 heterocycles. The maximum absolute atomic E-state index is 14.0. The lowest BCUT2D eigenvalue weighted by Gasteiger charge is -2.20. The molecular formula is C17H21ClF4N4. The minimum absolute atomic E-state index is 0.00304. The molecule has 0 radical (unpaired) electrons. The Bertz CT molecular complexity index is 659. The molecule has 144 valence electrons. The van der Waals surface area contributed by atoms with Crippen LogP contribution < -0.4 is 10.6 Å². The fourth-order valence-corrected chi connectivity index (χ4v) is 3.73. The van der Waals surface area contributed by atoms with Crippen LogP contribution in [-0.4, -0.2) is 55.8 Å². The third-order valence-corrected chi connectivity index (χ3v) is 5.05. The summed E-state index contributed by atoms with van der Waals surface area (Å²) < 4.78 is 51.4. The second-order valence-corrected chi connectivity index (χ2v) is 7.19. The zero-order valence-corrected chi connectivity index (χ0v) is 15.0. The lowest BCUT2D eigenvalue weighted by molar-refractivity contribution is -0.143. The van der Waals surface area contributed by atoms with E-state index in [-0.39, 0.29) is 23.8 Å². The first-order valence-electron chi connectivity index (χ1n) is 8.49. The van der Waals surface area contributed by atoms with Crippen molar-refractivity contribution in [2.75, 3.05) is 26.7 Å². The highest BCUT2D eigenvalue weighted by Gasteiger charge is 2.42. The number of alkyl halides is 3. The average molecular weight is 393 g/mol. The molecule has 1 aromatic carbocycles. The van der Waals surface area contributed by atoms with Gasteiger partial charge < -0.3 is 10.6 Å². The van der Waals surface area contributed by atoms with E-state index in [1.807, 2.05) is 0 Å². The number of halogens is 5. The molecule has 4 nitrogen and oxygen atoms in total. The number of hydrogen-bond acceptors (Lipinski definition) is 2. The Morgan fingerprint density at radius 2 is 2.12 bits per heavy atom. The monoisotopic (exact) mass is 392 g/mol. The van der Waals surface area contributed by atoms with Crippen molar-refractivity contribution in [2.24, 2.45) is 4.99 Å². The molecule has 9 heteroatoms. The second kappa shape index (κ2) is 7.60. The molecular weight excluding hydrogens is 372 g/mol. The van der Waals surface area contributed by atoms with Crippen LogP contribution in [0.5, 0.6) is 0 Å². The number of benzene rings is 1. The van der Waals surface area contributed by atoms with Gasteiger partial charge in [0, 0.05) is 48.7 Å². The van der Waals surface area contributed by atoms with Gasteiger partial charge in [0.25, 0.3) is 0 Å². The second-order valence-electron chi connectivity index (χ2n) is 6.78. The summed E-state index contributed by atoms with van der Waals surface area (Å²) in [7, 11) is 1.60. The van der Waals surface area contributed by atoms with Crippen molar-refractivity contribution < 1.29 is 17.6 Å². The normalized spacial score (nSPS) is 26.8. The van der Waals surface area contributed by atoms with E-state index in [1.165, 1.54) is 11.0 Å². The Morgan fingerprint density at radius 1 is 1.35 bits per heavy atom. The molecule has 3 unspecified atom stereocenters. The number of likely N-dealkylation sites (tertiary alicyclic amines) is 1. The maximum atomic E-state index is 14.0. The molecule has 1 aromatic rings. The van der Waals surface area contributed by atoms with Crippen LogP contribution in [0.4, 0.5) is 17.6 Å². The molecule has 3 rings (SSSR count). The van der Waals surface area contributed by atoms with Crippen LogP contribution in [0.3, 0.4) is 0 Å². The molecule has 1 aliphatic carbocycles. The van der Waals surface area contributed by atoms with Gasteiger partial charge in [-0.05, 0) is 25.0 Å². The van der Waals surface area contributed by atoms with E-state index < -0.39 is 12.7 Å². The van der Waals surface area contributed by atoms with Gasteiger partial charge in [0.05, 0.1) is 6.54 Å². The topological polar surface area (TPSA) is 39.7 Å². The molecule has 0 amide bonds. The van der Waals surface area contributed by atoms with Crippen molar-refractivity contribution in [1.82, 2.24) is 15.5 Å². The first kappa shape index (κ1) is 19.2. The Kier molecular flexibility index (Phi) is 5.62. The first-order chi connectivity index (χ1) is 12.3. The molecule has 0 aromatic heterocycles. The summed E-state index contributed by atoms with van der Waals surface area (Å²) in [4.78, 5) is 5.51. The molecule has 0 bridgehead atoms. The number of nitrogens with one attached hydrogen (secondary N) is 2. The Labute approximate surface area is 154 Å². The van der Waals surface area contributed by atoms with Crippen molar-refractivity contribution >= 4 is 17.6 Å². The van der Waals surface area contributed by atoms with Crippen LogP contribution in [0.1, 0.15) is 24.3 Å². The van der Waals surface area contributed by atoms with E-state index >= 15 is 0 Å². The highest BCUT2D eigenvalue weighted by Crippen LogP contribution is 2.44. The molecule has 2 N–H and O–H groups in total. The fraction of sp³-hybridized carbons (Fsp3) is 0.588. The van der Waals surface area contributed by atoms with Crippen LogP contribution in [0.25, 0.3) is 0 Å². The van der Waals surface area contributed by atoms with Gasteiger partial charge >= 0.3 is 6.18 Å². The van der Waals surface area contributed by atoms with E-state index in [9.17, 15) is 17.6 Å². The quantitative estimate of drug-likeness (QED) is 0.470. The van der Waals surface area contributed by atoms with Gasteiger partial charge in [-0.15, -0.1) is 0 Å². The Balaban J connectivity index is 1.51. The Morgan fingerprint density at radius 3 is 2.77 bits per heavy atom. The van der Waals surface area contributed by atoms with Gasteiger partial charge in [-0.3, -0.25) is 9.89 Å². The molecule has 26 heavy (non-hydrogen) atoms. The summed E-state index contributed by atoms with van der Waals surface area (Å²) in [6, 6.07) is 4.52. The van der Waals surface area contributed by atoms with Crippen LogP contribution >= 0.6 is 11.6 Å². The van der Waals surface area contributed by atoms with Gasteiger partial charge in [0.1, 0.15) is 5.82 Å². The summed E-state index contributed by atoms with van der Waals surface area (Å²) in [5.74, 6) is 0.157. The van der Waals surface area contributed by atoms with Crippen LogP contribution in [0.2, 0.25) is 5.02 Å². The minimum atomic E-state index is -4.19. The van der Waals surface area contributed by atoms with Crippen LogP contribution in [-0.2, 0) is 0 Å². The number of guanidine groups is 1. The van der Waals surface area contributed by atoms with Gasteiger partial charge in [-0.2, -0.15) is 13.2 Å². The van der Waals surface area contributed by atoms with Gasteiger partial charge in [0.2, 0.25) is 0 Å². The van der Waals surface area contributed by atoms with Crippen molar-refractivity contribution in [2.45, 2.75) is 37.0 Å². The van der Waals surface area contributed by atoms with Crippen molar-refractivity contribution in [1.29, 1.82) is 0 Å². The summed E-state index contributed by atoms with van der Waals surface area (Å²) in [5.41, 5.74) is 0.499. The van der Waals surface area contributed by atoms with E-state index in [1.54, 1.807) is 19.2 Å². The van der Waals surface area contributed by atoms with Gasteiger partial charge in [-0.25, -0.2) is 4.39 Å². The highest BCUT2D eigenvalue weighted by molar-refractivity contribution is 6.31. The first-order valence-corrected chi connectivity index (χ1v) is 8.87. The number of aliphatic imine (C=N–C) groups is 1. The summed E-state index contributed by atoms with van der Waals surface area (Å²) in [6.45, 7) is -0.188. The largest absolute Gasteiger partial charge is 0.401 e. The lowest BCUT2D eigenvalue weighted by Crippen LogP contribution is -2.46. The smallest absolute Gasteiger partial charge is 0.353 e. The molecule has 1 aliphatic heterocycles. The highest BCUT2D eigenvalue weighted by atomic mass is 35.5. The van der Waals surface area contributed by atoms with E-state index in [0.717, 1.165) is 6.42 Å². The molecule has 1 saturated heterocycles. The standard InChI is InChI=1S/C17H21ClF4N4/c1-23-16(24-10-5-6-26(8-10)9-17(20,21)22)25-14-7-11(14)15-12(18)3-2-4-13(15)19/h2-4,10-11,14H,5-9H2,1H3,(H2,23,24,25). The third kappa shape index (κ3) is 4.79. The lowest BCUT2D eigenvalue weighted by atomic mass is 10.1. The van der Waals surface area contributed by atoms with Crippen molar-refractivity contribution in [3.63, 3.8) is 0 Å². The molecule has 2 aliphatic rings. The van der Waals surface area contributed by atoms with Gasteiger partial charge in [0.15, 0.2) is 5.96 Å². The average Bonchev–Trinajstić information content (AvgIpc) is 3.14. The Hall–Kier alpha value is -1.54. The predicted molar refractivity (Wildman–Crippen MR) is 93.1 cm³/mol. The molecule has 1 saturated carbocycles. The summed E-state index contributed by atoms with van der Waals surface area (Å²) in [6.07, 6.45) is -2.84. The van der Waals surface area contributed by atoms with Crippen LogP contribution in [0.15, 0.2) is 23.2 Å². The molecule has 2 fully saturated rings. The van der Waals surface area contributed by atoms with Crippen molar-refractivity contribution in [3.05, 3.63) is 34.6 Å². The van der Waals surface area contributed by atoms with E-state index in [0.29, 0.717) is 36.1 Å². The number of rotatable bonds is 4. The zero-order chi connectivity index (χ0) is 18.9. The van der Waals surface area contributed by atoms with Crippen LogP contribution in [0, 0.1) is 5.82 Å². The number of nitrogens with zero attached hydrogens (tertiary/aromatic N) is 2. The summed E-state index contributed by atoms with van der Waals surface area (Å²) >= 11 is 6.10. The fourth-order valence-electron chi connectivity index (χ4n) is 3.43. The van der Waals surface area contributed by atoms with E-state index in [4.69, 9.17) is 11.6 Å². The predicted octanol–water partition coefficient (Wildman–Crippen LogP) is 3.14. The molecule has 0 spiro atoms. The SMILES string of the molecule is CN=C(NC1CCN(CC(F)(F)F)C1)NC1CC1c1c(F)cccc1Cl. The van der Waals surface area contributed by atoms with Crippen molar-refractivity contribution in [3.8, 4) is 0 Å². The minimum Gasteiger partial charge on any atom is -0.353 e. The zero-order valence-electron chi connectivity index (χ0n) is 14.3. The maximum Gasteiger partial charge on any atom is 0.401 e. The number of hydrogen-bond donors (Lipinski definition) is 2. The summed E-state index contributed by atoms with van der Waals surface area (Å²) in [5, 5.41) is 6.77. The van der Waals surface area contributed by atoms with Gasteiger partial charge in [-0.1, -0.05) is 17.7 Å². The van der Waals surface area contributed by atoms with E-state index in [2.05, 4.69) is 15.6 Å². The molecule has 3 atom stereocenters. The third-order valence-electron chi connectivity index (χ3n) is 4.72.